The molecule has 0 fully saturated rings. The molecule has 0 amide bonds. The van der Waals surface area contributed by atoms with Gasteiger partial charge >= 0.3 is 11.1 Å². The molecule has 7 nitrogen and oxygen atoms in total. The fraction of sp³-hybridized carbons (Fsp3) is 0.375. The third-order valence-electron chi connectivity index (χ3n) is 4.13. The Morgan fingerprint density at radius 2 is 1.79 bits per heavy atom. The van der Waals surface area contributed by atoms with E-state index >= 15 is 0 Å². The summed E-state index contributed by atoms with van der Waals surface area (Å²) in [5.41, 5.74) is 0.374. The Kier molecular flexibility index (Phi) is 4.68. The summed E-state index contributed by atoms with van der Waals surface area (Å²) in [7, 11) is -3.67. The minimum atomic E-state index is -3.67. The Balaban J connectivity index is 1.77. The van der Waals surface area contributed by atoms with E-state index in [4.69, 9.17) is 0 Å². The number of aromatic nitrogens is 2. The van der Waals surface area contributed by atoms with Crippen molar-refractivity contribution in [1.82, 2.24) is 14.7 Å². The van der Waals surface area contributed by atoms with E-state index in [9.17, 15) is 18.0 Å². The number of benzene rings is 1. The Morgan fingerprint density at radius 3 is 2.50 bits per heavy atom. The summed E-state index contributed by atoms with van der Waals surface area (Å²) in [4.78, 5) is 27.5. The van der Waals surface area contributed by atoms with Crippen molar-refractivity contribution in [3.05, 3.63) is 50.6 Å². The van der Waals surface area contributed by atoms with E-state index in [-0.39, 0.29) is 10.4 Å². The van der Waals surface area contributed by atoms with Gasteiger partial charge in [-0.25, -0.2) is 13.1 Å². The number of H-pyrrole nitrogens is 2. The number of hydrogen-bond donors (Lipinski definition) is 3. The predicted molar refractivity (Wildman–Crippen MR) is 91.5 cm³/mol. The van der Waals surface area contributed by atoms with Crippen LogP contribution in [0.4, 0.5) is 0 Å². The smallest absolute Gasteiger partial charge is 0.314 e. The van der Waals surface area contributed by atoms with Crippen LogP contribution in [0, 0.1) is 0 Å². The lowest BCUT2D eigenvalue weighted by atomic mass is 9.97. The van der Waals surface area contributed by atoms with Gasteiger partial charge in [0.2, 0.25) is 10.0 Å². The van der Waals surface area contributed by atoms with Crippen LogP contribution in [-0.2, 0) is 10.0 Å². The summed E-state index contributed by atoms with van der Waals surface area (Å²) < 4.78 is 27.3. The summed E-state index contributed by atoms with van der Waals surface area (Å²) in [6.45, 7) is 0.342. The molecule has 3 N–H and O–H groups in total. The van der Waals surface area contributed by atoms with Gasteiger partial charge in [-0.1, -0.05) is 11.6 Å². The average molecular weight is 349 g/mol. The van der Waals surface area contributed by atoms with E-state index in [1.165, 1.54) is 30.2 Å². The third kappa shape index (κ3) is 3.65. The molecule has 1 aliphatic rings. The van der Waals surface area contributed by atoms with Crippen LogP contribution in [0.25, 0.3) is 11.0 Å². The molecule has 8 heteroatoms. The number of aromatic amines is 2. The number of rotatable bonds is 5. The second kappa shape index (κ2) is 6.74. The second-order valence-corrected chi connectivity index (χ2v) is 7.64. The van der Waals surface area contributed by atoms with Crippen molar-refractivity contribution in [3.8, 4) is 0 Å². The van der Waals surface area contributed by atoms with Gasteiger partial charge in [-0.15, -0.1) is 0 Å². The van der Waals surface area contributed by atoms with Gasteiger partial charge in [0.25, 0.3) is 0 Å². The highest BCUT2D eigenvalue weighted by molar-refractivity contribution is 7.89. The molecule has 0 atom stereocenters. The summed E-state index contributed by atoms with van der Waals surface area (Å²) in [6.07, 6.45) is 7.36. The van der Waals surface area contributed by atoms with Crippen molar-refractivity contribution in [2.75, 3.05) is 6.54 Å². The second-order valence-electron chi connectivity index (χ2n) is 5.87. The zero-order valence-electron chi connectivity index (χ0n) is 13.1. The van der Waals surface area contributed by atoms with Gasteiger partial charge in [-0.2, -0.15) is 0 Å². The molecular weight excluding hydrogens is 330 g/mol. The summed E-state index contributed by atoms with van der Waals surface area (Å²) in [6, 6.07) is 4.21. The highest BCUT2D eigenvalue weighted by Gasteiger charge is 2.15. The van der Waals surface area contributed by atoms with E-state index in [1.54, 1.807) is 0 Å². The minimum Gasteiger partial charge on any atom is -0.316 e. The highest BCUT2D eigenvalue weighted by Crippen LogP contribution is 2.20. The zero-order valence-corrected chi connectivity index (χ0v) is 13.9. The first-order valence-electron chi connectivity index (χ1n) is 7.90. The van der Waals surface area contributed by atoms with Crippen LogP contribution in [0.2, 0.25) is 0 Å². The molecule has 1 aliphatic carbocycles. The maximum atomic E-state index is 12.4. The predicted octanol–water partition coefficient (Wildman–Crippen LogP) is 1.39. The van der Waals surface area contributed by atoms with Gasteiger partial charge in [0.1, 0.15) is 0 Å². The normalized spacial score (nSPS) is 15.4. The summed E-state index contributed by atoms with van der Waals surface area (Å²) >= 11 is 0. The van der Waals surface area contributed by atoms with Crippen LogP contribution in [-0.4, -0.2) is 24.9 Å². The molecule has 0 unspecified atom stereocenters. The van der Waals surface area contributed by atoms with Gasteiger partial charge in [-0.3, -0.25) is 9.59 Å². The lowest BCUT2D eigenvalue weighted by molar-refractivity contribution is 0.579. The fourth-order valence-corrected chi connectivity index (χ4v) is 3.88. The number of hydrogen-bond acceptors (Lipinski definition) is 4. The third-order valence-corrected chi connectivity index (χ3v) is 5.59. The maximum Gasteiger partial charge on any atom is 0.314 e. The molecule has 1 heterocycles. The number of sulfonamides is 1. The lowest BCUT2D eigenvalue weighted by Gasteiger charge is -2.13. The molecule has 1 aromatic heterocycles. The topological polar surface area (TPSA) is 112 Å². The largest absolute Gasteiger partial charge is 0.316 e. The first kappa shape index (κ1) is 16.7. The van der Waals surface area contributed by atoms with Crippen molar-refractivity contribution >= 4 is 21.1 Å². The van der Waals surface area contributed by atoms with E-state index in [2.05, 4.69) is 20.8 Å². The van der Waals surface area contributed by atoms with Crippen molar-refractivity contribution in [1.29, 1.82) is 0 Å². The molecule has 1 aromatic carbocycles. The highest BCUT2D eigenvalue weighted by atomic mass is 32.2. The molecule has 0 aliphatic heterocycles. The van der Waals surface area contributed by atoms with Crippen molar-refractivity contribution in [3.63, 3.8) is 0 Å². The Morgan fingerprint density at radius 1 is 1.04 bits per heavy atom. The molecule has 0 saturated heterocycles. The minimum absolute atomic E-state index is 0.0512. The zero-order chi connectivity index (χ0) is 17.2. The van der Waals surface area contributed by atoms with Crippen molar-refractivity contribution < 1.29 is 8.42 Å². The van der Waals surface area contributed by atoms with Crippen LogP contribution < -0.4 is 15.8 Å². The molecule has 0 radical (unpaired) electrons. The van der Waals surface area contributed by atoms with Gasteiger partial charge in [-0.05, 0) is 50.3 Å². The molecule has 0 spiro atoms. The lowest BCUT2D eigenvalue weighted by Crippen LogP contribution is -2.29. The standard InChI is InChI=1S/C16H19N3O4S/c20-15-16(21)19-14-10-12(6-7-13(14)18-15)24(22,23)17-9-8-11-4-2-1-3-5-11/h4,6-7,10,17H,1-3,5,8-9H2,(H,18,20)(H,19,21). The van der Waals surface area contributed by atoms with Crippen LogP contribution >= 0.6 is 0 Å². The van der Waals surface area contributed by atoms with Gasteiger partial charge in [0.15, 0.2) is 0 Å². The molecule has 2 aromatic rings. The fourth-order valence-electron chi connectivity index (χ4n) is 2.82. The van der Waals surface area contributed by atoms with Crippen LogP contribution in [0.3, 0.4) is 0 Å². The summed E-state index contributed by atoms with van der Waals surface area (Å²) in [5.74, 6) is 0. The van der Waals surface area contributed by atoms with Crippen LogP contribution in [0.15, 0.2) is 44.3 Å². The van der Waals surface area contributed by atoms with E-state index in [0.29, 0.717) is 18.5 Å². The number of fused-ring (bicyclic) bond motifs is 1. The Labute approximate surface area is 138 Å². The van der Waals surface area contributed by atoms with Crippen LogP contribution in [0.5, 0.6) is 0 Å². The summed E-state index contributed by atoms with van der Waals surface area (Å²) in [5, 5.41) is 0. The van der Waals surface area contributed by atoms with E-state index in [0.717, 1.165) is 19.3 Å². The maximum absolute atomic E-state index is 12.4. The monoisotopic (exact) mass is 349 g/mol. The van der Waals surface area contributed by atoms with Gasteiger partial charge in [0.05, 0.1) is 15.9 Å². The quantitative estimate of drug-likeness (QED) is 0.559. The average Bonchev–Trinajstić information content (AvgIpc) is 2.56. The van der Waals surface area contributed by atoms with Gasteiger partial charge in [0, 0.05) is 6.54 Å². The molecule has 24 heavy (non-hydrogen) atoms. The van der Waals surface area contributed by atoms with E-state index < -0.39 is 21.1 Å². The first-order chi connectivity index (χ1) is 11.5. The van der Waals surface area contributed by atoms with E-state index in [1.807, 2.05) is 0 Å². The Hall–Kier alpha value is -2.19. The van der Waals surface area contributed by atoms with Crippen molar-refractivity contribution in [2.24, 2.45) is 0 Å². The Bertz CT molecular complexity index is 1000. The number of nitrogens with one attached hydrogen (secondary N) is 3. The van der Waals surface area contributed by atoms with Crippen molar-refractivity contribution in [2.45, 2.75) is 37.0 Å². The molecule has 0 bridgehead atoms. The molecular formula is C16H19N3O4S. The van der Waals surface area contributed by atoms with Crippen LogP contribution in [0.1, 0.15) is 32.1 Å². The van der Waals surface area contributed by atoms with Gasteiger partial charge < -0.3 is 9.97 Å². The molecule has 3 rings (SSSR count). The molecule has 128 valence electrons. The first-order valence-corrected chi connectivity index (χ1v) is 9.38. The SMILES string of the molecule is O=c1[nH]c2ccc(S(=O)(=O)NCCC3=CCCCC3)cc2[nH]c1=O. The number of allylic oxidation sites excluding steroid dienone is 1. The molecule has 0 saturated carbocycles.